The molecule has 4 aromatic rings. The van der Waals surface area contributed by atoms with E-state index < -0.39 is 17.6 Å². The second-order valence-corrected chi connectivity index (χ2v) is 8.47. The molecule has 0 fully saturated rings. The zero-order valence-electron chi connectivity index (χ0n) is 19.6. The lowest BCUT2D eigenvalue weighted by Gasteiger charge is -2.10. The number of ether oxygens (including phenoxy) is 1. The predicted octanol–water partition coefficient (Wildman–Crippen LogP) is 2.39. The van der Waals surface area contributed by atoms with Crippen LogP contribution < -0.4 is 15.4 Å². The fourth-order valence-electron chi connectivity index (χ4n) is 3.91. The molecule has 0 spiro atoms. The Bertz CT molecular complexity index is 1580. The van der Waals surface area contributed by atoms with E-state index in [-0.39, 0.29) is 48.3 Å². The number of aromatic nitrogens is 3. The van der Waals surface area contributed by atoms with Crippen LogP contribution in [0.15, 0.2) is 54.7 Å². The van der Waals surface area contributed by atoms with E-state index in [1.807, 2.05) is 0 Å². The highest BCUT2D eigenvalue weighted by Crippen LogP contribution is 2.26. The van der Waals surface area contributed by atoms with Gasteiger partial charge in [0, 0.05) is 30.3 Å². The van der Waals surface area contributed by atoms with Gasteiger partial charge in [-0.25, -0.2) is 13.9 Å². The molecular formula is C26H20FN5O5. The summed E-state index contributed by atoms with van der Waals surface area (Å²) in [7, 11) is 0. The van der Waals surface area contributed by atoms with Gasteiger partial charge < -0.3 is 15.4 Å². The number of nitrogens with one attached hydrogen (secondary N) is 2. The highest BCUT2D eigenvalue weighted by molar-refractivity contribution is 5.98. The summed E-state index contributed by atoms with van der Waals surface area (Å²) in [5.41, 5.74) is 2.25. The summed E-state index contributed by atoms with van der Waals surface area (Å²) < 4.78 is 20.4. The van der Waals surface area contributed by atoms with Gasteiger partial charge >= 0.3 is 5.97 Å². The smallest absolute Gasteiger partial charge is 0.315 e. The van der Waals surface area contributed by atoms with Crippen LogP contribution in [0.4, 0.5) is 4.39 Å². The number of carbonyl (C=O) groups excluding carboxylic acids is 4. The van der Waals surface area contributed by atoms with Gasteiger partial charge in [-0.1, -0.05) is 30.3 Å². The lowest BCUT2D eigenvalue weighted by Crippen LogP contribution is -2.28. The van der Waals surface area contributed by atoms with E-state index in [0.717, 1.165) is 27.4 Å². The molecular weight excluding hydrogens is 481 g/mol. The fraction of sp³-hybridized carbons (Fsp3) is 0.154. The Morgan fingerprint density at radius 3 is 2.46 bits per heavy atom. The molecule has 3 heterocycles. The van der Waals surface area contributed by atoms with Gasteiger partial charge in [0.2, 0.25) is 0 Å². The molecule has 0 saturated heterocycles. The molecule has 0 aliphatic carbocycles. The number of halogens is 1. The first-order valence-corrected chi connectivity index (χ1v) is 11.3. The van der Waals surface area contributed by atoms with Crippen molar-refractivity contribution in [3.8, 4) is 5.75 Å². The van der Waals surface area contributed by atoms with E-state index in [1.54, 1.807) is 42.5 Å². The van der Waals surface area contributed by atoms with Gasteiger partial charge in [-0.2, -0.15) is 5.10 Å². The van der Waals surface area contributed by atoms with Crippen molar-refractivity contribution in [1.29, 1.82) is 0 Å². The van der Waals surface area contributed by atoms with Gasteiger partial charge in [0.15, 0.2) is 17.2 Å². The van der Waals surface area contributed by atoms with Gasteiger partial charge in [-0.3, -0.25) is 19.2 Å². The standard InChI is InChI=1S/C26H20FN5O5/c1-14(33)17-5-2-15(3-6-17)11-29-26(36)21-10-20(31-24-19(27)13-30-32(21)24)25(35)28-12-16-4-7-22-18(8-16)9-23(34)37-22/h2-8,10,13H,9,11-12H2,1H3,(H,28,35)(H,29,36). The molecule has 0 saturated carbocycles. The van der Waals surface area contributed by atoms with Crippen LogP contribution in [0.3, 0.4) is 0 Å². The molecule has 0 atom stereocenters. The number of esters is 1. The zero-order chi connectivity index (χ0) is 26.1. The van der Waals surface area contributed by atoms with E-state index in [1.165, 1.54) is 13.0 Å². The molecule has 10 nitrogen and oxygen atoms in total. The summed E-state index contributed by atoms with van der Waals surface area (Å²) in [4.78, 5) is 52.7. The minimum Gasteiger partial charge on any atom is -0.426 e. The number of hydrogen-bond acceptors (Lipinski definition) is 7. The first-order valence-electron chi connectivity index (χ1n) is 11.3. The maximum Gasteiger partial charge on any atom is 0.315 e. The van der Waals surface area contributed by atoms with Crippen LogP contribution in [-0.4, -0.2) is 38.2 Å². The topological polar surface area (TPSA) is 132 Å². The normalized spacial score (nSPS) is 12.2. The van der Waals surface area contributed by atoms with Crippen molar-refractivity contribution >= 4 is 29.2 Å². The monoisotopic (exact) mass is 501 g/mol. The molecule has 0 bridgehead atoms. The summed E-state index contributed by atoms with van der Waals surface area (Å²) in [6, 6.07) is 13.1. The molecule has 11 heteroatoms. The highest BCUT2D eigenvalue weighted by Gasteiger charge is 2.22. The molecule has 5 rings (SSSR count). The molecule has 0 unspecified atom stereocenters. The number of benzene rings is 2. The predicted molar refractivity (Wildman–Crippen MR) is 128 cm³/mol. The molecule has 2 aromatic heterocycles. The molecule has 2 N–H and O–H groups in total. The average molecular weight is 501 g/mol. The lowest BCUT2D eigenvalue weighted by atomic mass is 10.1. The molecule has 186 valence electrons. The first-order chi connectivity index (χ1) is 17.8. The number of carbonyl (C=O) groups is 4. The number of amides is 2. The third-order valence-electron chi connectivity index (χ3n) is 5.84. The van der Waals surface area contributed by atoms with E-state index in [4.69, 9.17) is 4.74 Å². The number of rotatable bonds is 7. The Kier molecular flexibility index (Phi) is 6.18. The number of fused-ring (bicyclic) bond motifs is 2. The quantitative estimate of drug-likeness (QED) is 0.226. The van der Waals surface area contributed by atoms with E-state index in [0.29, 0.717) is 11.3 Å². The second kappa shape index (κ2) is 9.61. The van der Waals surface area contributed by atoms with Crippen LogP contribution in [0.5, 0.6) is 5.75 Å². The largest absolute Gasteiger partial charge is 0.426 e. The lowest BCUT2D eigenvalue weighted by molar-refractivity contribution is -0.131. The number of nitrogens with zero attached hydrogens (tertiary/aromatic N) is 3. The van der Waals surface area contributed by atoms with E-state index in [2.05, 4.69) is 20.7 Å². The Morgan fingerprint density at radius 1 is 1.00 bits per heavy atom. The van der Waals surface area contributed by atoms with Crippen molar-refractivity contribution in [2.45, 2.75) is 26.4 Å². The first kappa shape index (κ1) is 23.8. The highest BCUT2D eigenvalue weighted by atomic mass is 19.1. The average Bonchev–Trinajstić information content (AvgIpc) is 3.46. The van der Waals surface area contributed by atoms with Crippen molar-refractivity contribution in [3.05, 3.63) is 94.2 Å². The van der Waals surface area contributed by atoms with E-state index >= 15 is 0 Å². The number of hydrogen-bond donors (Lipinski definition) is 2. The van der Waals surface area contributed by atoms with Crippen LogP contribution >= 0.6 is 0 Å². The number of Topliss-reactive ketones (excluding diaryl/α,β-unsaturated/α-hetero) is 1. The van der Waals surface area contributed by atoms with Gasteiger partial charge in [-0.15, -0.1) is 0 Å². The maximum absolute atomic E-state index is 14.3. The molecule has 37 heavy (non-hydrogen) atoms. The van der Waals surface area contributed by atoms with Gasteiger partial charge in [0.1, 0.15) is 17.1 Å². The minimum atomic E-state index is -0.785. The Morgan fingerprint density at radius 2 is 1.70 bits per heavy atom. The summed E-state index contributed by atoms with van der Waals surface area (Å²) in [6.45, 7) is 1.72. The number of ketones is 1. The van der Waals surface area contributed by atoms with Crippen molar-refractivity contribution in [2.75, 3.05) is 0 Å². The van der Waals surface area contributed by atoms with Gasteiger partial charge in [0.05, 0.1) is 12.6 Å². The SMILES string of the molecule is CC(=O)c1ccc(CNC(=O)c2cc(C(=O)NCc3ccc4c(c3)CC(=O)O4)nc3c(F)cnn23)cc1. The second-order valence-electron chi connectivity index (χ2n) is 8.47. The van der Waals surface area contributed by atoms with Crippen molar-refractivity contribution in [2.24, 2.45) is 0 Å². The van der Waals surface area contributed by atoms with Crippen LogP contribution in [-0.2, 0) is 24.3 Å². The third kappa shape index (κ3) is 4.92. The zero-order valence-corrected chi connectivity index (χ0v) is 19.6. The van der Waals surface area contributed by atoms with Crippen LogP contribution in [0.1, 0.15) is 54.9 Å². The van der Waals surface area contributed by atoms with Crippen LogP contribution in [0, 0.1) is 5.82 Å². The molecule has 0 radical (unpaired) electrons. The molecule has 2 aromatic carbocycles. The maximum atomic E-state index is 14.3. The summed E-state index contributed by atoms with van der Waals surface area (Å²) in [5.74, 6) is -1.91. The molecule has 2 amide bonds. The van der Waals surface area contributed by atoms with E-state index in [9.17, 15) is 23.6 Å². The van der Waals surface area contributed by atoms with Crippen molar-refractivity contribution in [1.82, 2.24) is 25.2 Å². The summed E-state index contributed by atoms with van der Waals surface area (Å²) in [5, 5.41) is 9.27. The van der Waals surface area contributed by atoms with Gasteiger partial charge in [0.25, 0.3) is 11.8 Å². The Labute approximate surface area is 209 Å². The van der Waals surface area contributed by atoms with Crippen LogP contribution in [0.25, 0.3) is 5.65 Å². The van der Waals surface area contributed by atoms with Crippen molar-refractivity contribution in [3.63, 3.8) is 0 Å². The minimum absolute atomic E-state index is 0.0680. The van der Waals surface area contributed by atoms with Crippen LogP contribution in [0.2, 0.25) is 0 Å². The fourth-order valence-corrected chi connectivity index (χ4v) is 3.91. The van der Waals surface area contributed by atoms with Crippen molar-refractivity contribution < 1.29 is 28.3 Å². The third-order valence-corrected chi connectivity index (χ3v) is 5.84. The molecule has 1 aliphatic rings. The Balaban J connectivity index is 1.32. The summed E-state index contributed by atoms with van der Waals surface area (Å²) >= 11 is 0. The Hall–Kier alpha value is -4.93. The summed E-state index contributed by atoms with van der Waals surface area (Å²) in [6.07, 6.45) is 1.07. The van der Waals surface area contributed by atoms with Gasteiger partial charge in [-0.05, 0) is 30.2 Å². The molecule has 1 aliphatic heterocycles.